The zero-order chi connectivity index (χ0) is 17.3. The van der Waals surface area contributed by atoms with Crippen LogP contribution in [-0.2, 0) is 17.1 Å². The van der Waals surface area contributed by atoms with Gasteiger partial charge in [0.1, 0.15) is 0 Å². The summed E-state index contributed by atoms with van der Waals surface area (Å²) in [5.41, 5.74) is -2.38. The van der Waals surface area contributed by atoms with E-state index >= 15 is 0 Å². The van der Waals surface area contributed by atoms with E-state index in [2.05, 4.69) is 0 Å². The van der Waals surface area contributed by atoms with Gasteiger partial charge in [-0.3, -0.25) is 9.69 Å². The highest BCUT2D eigenvalue weighted by molar-refractivity contribution is 5.86. The minimum Gasteiger partial charge on any atom is -0.284 e. The number of nitrogens with zero attached hydrogens (tertiary/aromatic N) is 1. The molecule has 0 saturated carbocycles. The van der Waals surface area contributed by atoms with Crippen LogP contribution in [0.15, 0.2) is 48.5 Å². The maximum Gasteiger partial charge on any atom is 0.416 e. The molecule has 8 heteroatoms. The molecular formula is C15H9F6NO. The predicted molar refractivity (Wildman–Crippen MR) is 71.1 cm³/mol. The number of carbonyl (C=O) groups excluding carboxylic acids is 1. The van der Waals surface area contributed by atoms with Crippen LogP contribution in [0.25, 0.3) is 0 Å². The van der Waals surface area contributed by atoms with Crippen LogP contribution >= 0.6 is 0 Å². The lowest BCUT2D eigenvalue weighted by Gasteiger charge is -2.20. The first-order valence-electron chi connectivity index (χ1n) is 6.22. The van der Waals surface area contributed by atoms with Gasteiger partial charge in [-0.25, -0.2) is 0 Å². The number of carbonyl (C=O) groups is 1. The fraction of sp³-hybridized carbons (Fsp3) is 0.133. The van der Waals surface area contributed by atoms with Crippen LogP contribution in [0.2, 0.25) is 0 Å². The molecule has 2 aromatic carbocycles. The third-order valence-corrected chi connectivity index (χ3v) is 3.01. The van der Waals surface area contributed by atoms with E-state index in [1.807, 2.05) is 0 Å². The van der Waals surface area contributed by atoms with Gasteiger partial charge in [-0.1, -0.05) is 12.1 Å². The van der Waals surface area contributed by atoms with E-state index in [4.69, 9.17) is 0 Å². The molecule has 23 heavy (non-hydrogen) atoms. The monoisotopic (exact) mass is 333 g/mol. The highest BCUT2D eigenvalue weighted by Gasteiger charge is 2.32. The second-order valence-electron chi connectivity index (χ2n) is 4.57. The highest BCUT2D eigenvalue weighted by Crippen LogP contribution is 2.35. The molecule has 0 aliphatic rings. The van der Waals surface area contributed by atoms with Crippen molar-refractivity contribution >= 4 is 17.8 Å². The second-order valence-corrected chi connectivity index (χ2v) is 4.57. The van der Waals surface area contributed by atoms with Crippen molar-refractivity contribution in [2.24, 2.45) is 0 Å². The normalized spacial score (nSPS) is 12.1. The zero-order valence-electron chi connectivity index (χ0n) is 11.3. The van der Waals surface area contributed by atoms with Gasteiger partial charge in [-0.2, -0.15) is 26.3 Å². The summed E-state index contributed by atoms with van der Waals surface area (Å²) in [5, 5.41) is 0. The van der Waals surface area contributed by atoms with Gasteiger partial charge in [-0.05, 0) is 36.4 Å². The Morgan fingerprint density at radius 1 is 0.739 bits per heavy atom. The summed E-state index contributed by atoms with van der Waals surface area (Å²) in [5.74, 6) is 0. The van der Waals surface area contributed by atoms with Gasteiger partial charge in [0.2, 0.25) is 6.41 Å². The maximum atomic E-state index is 12.7. The van der Waals surface area contributed by atoms with Crippen LogP contribution in [-0.4, -0.2) is 6.41 Å². The maximum absolute atomic E-state index is 12.7. The van der Waals surface area contributed by atoms with Gasteiger partial charge in [0.05, 0.1) is 11.1 Å². The minimum atomic E-state index is -4.63. The number of alkyl halides is 6. The average Bonchev–Trinajstić information content (AvgIpc) is 2.47. The summed E-state index contributed by atoms with van der Waals surface area (Å²) in [6, 6.07) is 7.53. The highest BCUT2D eigenvalue weighted by atomic mass is 19.4. The first-order valence-corrected chi connectivity index (χ1v) is 6.22. The summed E-state index contributed by atoms with van der Waals surface area (Å²) in [4.78, 5) is 11.9. The lowest BCUT2D eigenvalue weighted by Crippen LogP contribution is -2.16. The van der Waals surface area contributed by atoms with E-state index in [1.54, 1.807) is 0 Å². The summed E-state index contributed by atoms with van der Waals surface area (Å²) in [7, 11) is 0. The molecule has 0 N–H and O–H groups in total. The molecule has 0 fully saturated rings. The minimum absolute atomic E-state index is 0.158. The molecule has 2 nitrogen and oxygen atoms in total. The van der Waals surface area contributed by atoms with E-state index in [-0.39, 0.29) is 17.8 Å². The smallest absolute Gasteiger partial charge is 0.284 e. The third-order valence-electron chi connectivity index (χ3n) is 3.01. The first kappa shape index (κ1) is 16.9. The number of amides is 1. The molecule has 0 aliphatic heterocycles. The van der Waals surface area contributed by atoms with Crippen LogP contribution in [0.3, 0.4) is 0 Å². The number of halogens is 6. The van der Waals surface area contributed by atoms with Crippen LogP contribution in [0.1, 0.15) is 11.1 Å². The Kier molecular flexibility index (Phi) is 4.35. The van der Waals surface area contributed by atoms with Crippen LogP contribution in [0.5, 0.6) is 0 Å². The lowest BCUT2D eigenvalue weighted by atomic mass is 10.1. The Balaban J connectivity index is 2.47. The average molecular weight is 333 g/mol. The molecule has 0 radical (unpaired) electrons. The Morgan fingerprint density at radius 2 is 1.13 bits per heavy atom. The number of hydrogen-bond donors (Lipinski definition) is 0. The predicted octanol–water partition coefficient (Wildman–Crippen LogP) is 5.02. The molecule has 122 valence electrons. The summed E-state index contributed by atoms with van der Waals surface area (Å²) in [6.45, 7) is 0. The van der Waals surface area contributed by atoms with Crippen LogP contribution in [0, 0.1) is 0 Å². The van der Waals surface area contributed by atoms with Crippen LogP contribution < -0.4 is 4.90 Å². The van der Waals surface area contributed by atoms with E-state index in [9.17, 15) is 31.1 Å². The number of benzene rings is 2. The van der Waals surface area contributed by atoms with Gasteiger partial charge >= 0.3 is 12.4 Å². The summed E-state index contributed by atoms with van der Waals surface area (Å²) < 4.78 is 76.2. The Morgan fingerprint density at radius 3 is 1.43 bits per heavy atom. The fourth-order valence-corrected chi connectivity index (χ4v) is 1.93. The van der Waals surface area contributed by atoms with Crippen molar-refractivity contribution < 1.29 is 31.1 Å². The van der Waals surface area contributed by atoms with E-state index in [0.29, 0.717) is 17.0 Å². The molecule has 2 rings (SSSR count). The van der Waals surface area contributed by atoms with Crippen molar-refractivity contribution in [1.29, 1.82) is 0 Å². The van der Waals surface area contributed by atoms with Gasteiger partial charge in [0, 0.05) is 11.4 Å². The lowest BCUT2D eigenvalue weighted by molar-refractivity contribution is -0.138. The van der Waals surface area contributed by atoms with E-state index < -0.39 is 23.5 Å². The number of hydrogen-bond acceptors (Lipinski definition) is 1. The molecule has 0 aromatic heterocycles. The first-order chi connectivity index (χ1) is 10.6. The largest absolute Gasteiger partial charge is 0.416 e. The third kappa shape index (κ3) is 3.82. The number of rotatable bonds is 3. The standard InChI is InChI=1S/C15H9F6NO/c16-14(17,18)10-3-1-5-12(7-10)22(9-23)13-6-2-4-11(8-13)15(19,20)21/h1-9H. The Bertz CT molecular complexity index is 650. The molecule has 0 atom stereocenters. The molecule has 0 unspecified atom stereocenters. The summed E-state index contributed by atoms with van der Waals surface area (Å²) >= 11 is 0. The zero-order valence-corrected chi connectivity index (χ0v) is 11.3. The van der Waals surface area contributed by atoms with Crippen LogP contribution in [0.4, 0.5) is 37.7 Å². The van der Waals surface area contributed by atoms with Gasteiger partial charge in [-0.15, -0.1) is 0 Å². The van der Waals surface area contributed by atoms with Gasteiger partial charge in [0.25, 0.3) is 0 Å². The molecule has 0 heterocycles. The quantitative estimate of drug-likeness (QED) is 0.571. The molecule has 0 bridgehead atoms. The molecule has 0 aliphatic carbocycles. The molecule has 0 saturated heterocycles. The van der Waals surface area contributed by atoms with Crippen molar-refractivity contribution in [3.05, 3.63) is 59.7 Å². The van der Waals surface area contributed by atoms with Crippen molar-refractivity contribution in [3.8, 4) is 0 Å². The van der Waals surface area contributed by atoms with E-state index in [0.717, 1.165) is 24.3 Å². The SMILES string of the molecule is O=CN(c1cccc(C(F)(F)F)c1)c1cccc(C(F)(F)F)c1. The Labute approximate surface area is 126 Å². The number of anilines is 2. The fourth-order valence-electron chi connectivity index (χ4n) is 1.93. The Hall–Kier alpha value is -2.51. The van der Waals surface area contributed by atoms with Gasteiger partial charge < -0.3 is 0 Å². The van der Waals surface area contributed by atoms with Crippen molar-refractivity contribution in [2.75, 3.05) is 4.90 Å². The molecule has 1 amide bonds. The molecule has 0 spiro atoms. The van der Waals surface area contributed by atoms with Gasteiger partial charge in [0.15, 0.2) is 0 Å². The molecule has 2 aromatic rings. The van der Waals surface area contributed by atoms with Crippen molar-refractivity contribution in [2.45, 2.75) is 12.4 Å². The molecular weight excluding hydrogens is 324 g/mol. The topological polar surface area (TPSA) is 20.3 Å². The van der Waals surface area contributed by atoms with Crippen molar-refractivity contribution in [3.63, 3.8) is 0 Å². The summed E-state index contributed by atoms with van der Waals surface area (Å²) in [6.07, 6.45) is -9.10. The van der Waals surface area contributed by atoms with Crippen molar-refractivity contribution in [1.82, 2.24) is 0 Å². The second kappa shape index (κ2) is 5.94. The van der Waals surface area contributed by atoms with E-state index in [1.165, 1.54) is 12.1 Å².